The fourth-order valence-corrected chi connectivity index (χ4v) is 4.90. The molecule has 1 amide bonds. The molecule has 2 unspecified atom stereocenters. The van der Waals surface area contributed by atoms with Gasteiger partial charge in [0, 0.05) is 18.0 Å². The third-order valence-corrected chi connectivity index (χ3v) is 6.63. The Morgan fingerprint density at radius 1 is 1.18 bits per heavy atom. The van der Waals surface area contributed by atoms with Crippen molar-refractivity contribution in [2.75, 3.05) is 19.6 Å². The molecule has 1 spiro atoms. The summed E-state index contributed by atoms with van der Waals surface area (Å²) in [4.78, 5) is 20.0. The van der Waals surface area contributed by atoms with E-state index in [1.54, 1.807) is 0 Å². The van der Waals surface area contributed by atoms with Gasteiger partial charge in [0.25, 0.3) is 0 Å². The Labute approximate surface area is 171 Å². The first-order valence-electron chi connectivity index (χ1n) is 10.2. The van der Waals surface area contributed by atoms with Crippen LogP contribution in [0, 0.1) is 11.3 Å². The lowest BCUT2D eigenvalue weighted by Crippen LogP contribution is -2.41. The number of likely N-dealkylation sites (tertiary alicyclic amines) is 1. The average molecular weight is 403 g/mol. The monoisotopic (exact) mass is 402 g/mol. The number of amides is 1. The first-order valence-corrected chi connectivity index (χ1v) is 10.2. The van der Waals surface area contributed by atoms with E-state index in [4.69, 9.17) is 4.52 Å². The van der Waals surface area contributed by atoms with Gasteiger partial charge in [-0.05, 0) is 57.0 Å². The second-order valence-electron chi connectivity index (χ2n) is 8.23. The zero-order valence-corrected chi connectivity index (χ0v) is 16.8. The van der Waals surface area contributed by atoms with E-state index in [-0.39, 0.29) is 29.8 Å². The summed E-state index contributed by atoms with van der Waals surface area (Å²) in [7, 11) is 0. The Hall–Kier alpha value is -1.92. The molecule has 2 atom stereocenters. The van der Waals surface area contributed by atoms with Crippen molar-refractivity contribution in [2.24, 2.45) is 11.3 Å². The number of hydrogen-bond acceptors (Lipinski definition) is 5. The van der Waals surface area contributed by atoms with E-state index in [0.717, 1.165) is 63.7 Å². The molecule has 2 aliphatic heterocycles. The number of hydrogen-bond donors (Lipinski definition) is 1. The molecule has 2 aromatic rings. The maximum absolute atomic E-state index is 13.3. The molecule has 0 radical (unpaired) electrons. The number of carbonyl (C=O) groups is 1. The lowest BCUT2D eigenvalue weighted by atomic mass is 9.91. The summed E-state index contributed by atoms with van der Waals surface area (Å²) in [6.07, 6.45) is 6.36. The maximum Gasteiger partial charge on any atom is 0.249 e. The Kier molecular flexibility index (Phi) is 5.43. The summed E-state index contributed by atoms with van der Waals surface area (Å²) < 4.78 is 5.61. The van der Waals surface area contributed by atoms with Crippen LogP contribution in [0.4, 0.5) is 0 Å². The summed E-state index contributed by atoms with van der Waals surface area (Å²) in [5.41, 5.74) is 1.20. The minimum Gasteiger partial charge on any atom is -0.337 e. The predicted octanol–water partition coefficient (Wildman–Crippen LogP) is 3.60. The molecule has 150 valence electrons. The minimum absolute atomic E-state index is 0. The molecule has 1 aromatic heterocycles. The van der Waals surface area contributed by atoms with Crippen LogP contribution in [0.1, 0.15) is 50.5 Å². The van der Waals surface area contributed by atoms with Crippen LogP contribution in [-0.2, 0) is 4.79 Å². The van der Waals surface area contributed by atoms with Crippen LogP contribution in [0.15, 0.2) is 34.9 Å². The van der Waals surface area contributed by atoms with E-state index >= 15 is 0 Å². The van der Waals surface area contributed by atoms with E-state index < -0.39 is 0 Å². The second kappa shape index (κ2) is 7.84. The zero-order valence-electron chi connectivity index (χ0n) is 16.0. The topological polar surface area (TPSA) is 71.3 Å². The highest BCUT2D eigenvalue weighted by Gasteiger charge is 2.59. The molecule has 3 heterocycles. The van der Waals surface area contributed by atoms with Crippen LogP contribution >= 0.6 is 12.4 Å². The van der Waals surface area contributed by atoms with Crippen LogP contribution in [0.2, 0.25) is 0 Å². The van der Waals surface area contributed by atoms with Gasteiger partial charge in [0.1, 0.15) is 6.04 Å². The van der Waals surface area contributed by atoms with Crippen LogP contribution in [0.25, 0.3) is 11.4 Å². The Morgan fingerprint density at radius 2 is 1.96 bits per heavy atom. The Morgan fingerprint density at radius 3 is 2.75 bits per heavy atom. The summed E-state index contributed by atoms with van der Waals surface area (Å²) in [5, 5.41) is 7.58. The molecule has 0 bridgehead atoms. The standard InChI is InChI=1S/C21H26N4O2.ClH/c26-20(16-14-21(16)9-11-22-12-10-21)25-13-5-4-8-17(25)19-23-18(24-27-19)15-6-2-1-3-7-15;/h1-3,6-7,16-17,22H,4-5,8-14H2;1H. The quantitative estimate of drug-likeness (QED) is 0.849. The minimum atomic E-state index is -0.0735. The average Bonchev–Trinajstić information content (AvgIpc) is 3.19. The number of benzene rings is 1. The van der Waals surface area contributed by atoms with Gasteiger partial charge in [-0.15, -0.1) is 12.4 Å². The Balaban J connectivity index is 0.00000192. The zero-order chi connectivity index (χ0) is 18.3. The molecular weight excluding hydrogens is 376 g/mol. The third kappa shape index (κ3) is 3.44. The van der Waals surface area contributed by atoms with Crippen LogP contribution in [0.3, 0.4) is 0 Å². The smallest absolute Gasteiger partial charge is 0.249 e. The van der Waals surface area contributed by atoms with E-state index in [1.807, 2.05) is 35.2 Å². The highest BCUT2D eigenvalue weighted by Crippen LogP contribution is 2.59. The largest absolute Gasteiger partial charge is 0.337 e. The number of nitrogens with one attached hydrogen (secondary N) is 1. The Bertz CT molecular complexity index is 819. The summed E-state index contributed by atoms with van der Waals surface area (Å²) >= 11 is 0. The molecule has 1 aromatic carbocycles. The van der Waals surface area contributed by atoms with Crippen LogP contribution in [-0.4, -0.2) is 40.6 Å². The molecule has 5 rings (SSSR count). The maximum atomic E-state index is 13.3. The number of carbonyl (C=O) groups excluding carboxylic acids is 1. The molecule has 7 heteroatoms. The molecule has 1 aliphatic carbocycles. The van der Waals surface area contributed by atoms with Crippen LogP contribution < -0.4 is 5.32 Å². The van der Waals surface area contributed by atoms with Crippen molar-refractivity contribution < 1.29 is 9.32 Å². The van der Waals surface area contributed by atoms with Gasteiger partial charge in [-0.1, -0.05) is 35.5 Å². The van der Waals surface area contributed by atoms with Crippen molar-refractivity contribution >= 4 is 18.3 Å². The number of aromatic nitrogens is 2. The van der Waals surface area contributed by atoms with Gasteiger partial charge in [-0.25, -0.2) is 0 Å². The van der Waals surface area contributed by atoms with Crippen molar-refractivity contribution in [3.63, 3.8) is 0 Å². The predicted molar refractivity (Wildman–Crippen MR) is 108 cm³/mol. The van der Waals surface area contributed by atoms with Gasteiger partial charge in [0.15, 0.2) is 0 Å². The fraction of sp³-hybridized carbons (Fsp3) is 0.571. The van der Waals surface area contributed by atoms with Crippen molar-refractivity contribution in [1.29, 1.82) is 0 Å². The molecule has 28 heavy (non-hydrogen) atoms. The molecule has 2 saturated heterocycles. The van der Waals surface area contributed by atoms with Crippen molar-refractivity contribution in [2.45, 2.75) is 44.6 Å². The van der Waals surface area contributed by atoms with E-state index in [1.165, 1.54) is 0 Å². The molecular formula is C21H27ClN4O2. The number of piperidine rings is 2. The third-order valence-electron chi connectivity index (χ3n) is 6.63. The molecule has 6 nitrogen and oxygen atoms in total. The van der Waals surface area contributed by atoms with Crippen molar-refractivity contribution in [3.05, 3.63) is 36.2 Å². The van der Waals surface area contributed by atoms with Gasteiger partial charge in [0.2, 0.25) is 17.6 Å². The van der Waals surface area contributed by atoms with Crippen molar-refractivity contribution in [3.8, 4) is 11.4 Å². The van der Waals surface area contributed by atoms with Crippen LogP contribution in [0.5, 0.6) is 0 Å². The highest BCUT2D eigenvalue weighted by atomic mass is 35.5. The normalized spacial score (nSPS) is 25.9. The van der Waals surface area contributed by atoms with Gasteiger partial charge in [0.05, 0.1) is 0 Å². The molecule has 1 N–H and O–H groups in total. The molecule has 3 fully saturated rings. The highest BCUT2D eigenvalue weighted by molar-refractivity contribution is 5.85. The first-order chi connectivity index (χ1) is 13.3. The summed E-state index contributed by atoms with van der Waals surface area (Å²) in [6.45, 7) is 2.88. The summed E-state index contributed by atoms with van der Waals surface area (Å²) in [6, 6.07) is 9.78. The van der Waals surface area contributed by atoms with Gasteiger partial charge < -0.3 is 14.7 Å². The number of halogens is 1. The lowest BCUT2D eigenvalue weighted by Gasteiger charge is -2.34. The first kappa shape index (κ1) is 19.4. The van der Waals surface area contributed by atoms with Gasteiger partial charge >= 0.3 is 0 Å². The second-order valence-corrected chi connectivity index (χ2v) is 8.23. The lowest BCUT2D eigenvalue weighted by molar-refractivity contribution is -0.138. The van der Waals surface area contributed by atoms with E-state index in [2.05, 4.69) is 15.5 Å². The summed E-state index contributed by atoms with van der Waals surface area (Å²) in [5.74, 6) is 1.68. The fourth-order valence-electron chi connectivity index (χ4n) is 4.90. The SMILES string of the molecule is Cl.O=C(C1CC12CCNCC2)N1CCCCC1c1nc(-c2ccccc2)no1. The number of rotatable bonds is 3. The number of nitrogens with zero attached hydrogens (tertiary/aromatic N) is 3. The van der Waals surface area contributed by atoms with E-state index in [0.29, 0.717) is 17.6 Å². The molecule has 3 aliphatic rings. The van der Waals surface area contributed by atoms with Gasteiger partial charge in [-0.2, -0.15) is 4.98 Å². The van der Waals surface area contributed by atoms with Crippen molar-refractivity contribution in [1.82, 2.24) is 20.4 Å². The van der Waals surface area contributed by atoms with E-state index in [9.17, 15) is 4.79 Å². The van der Waals surface area contributed by atoms with Gasteiger partial charge in [-0.3, -0.25) is 4.79 Å². The molecule has 1 saturated carbocycles.